The quantitative estimate of drug-likeness (QED) is 0.844. The summed E-state index contributed by atoms with van der Waals surface area (Å²) in [5.74, 6) is 0.828. The Hall–Kier alpha value is -1.79. The predicted octanol–water partition coefficient (Wildman–Crippen LogP) is 2.51. The highest BCUT2D eigenvalue weighted by Crippen LogP contribution is 2.21. The summed E-state index contributed by atoms with van der Waals surface area (Å²) < 4.78 is 1.85. The maximum absolute atomic E-state index is 9.17. The standard InChI is InChI=1S/C18H29N5O/c1-14-8-6-9-15(2)17(14)23-16(19-20-21-23)12-22(10-7-11-24)13-18(3,4)5/h6,8-9,24H,7,10-13H2,1-5H3. The summed E-state index contributed by atoms with van der Waals surface area (Å²) in [6, 6.07) is 6.20. The van der Waals surface area contributed by atoms with Crippen LogP contribution in [0, 0.1) is 19.3 Å². The maximum Gasteiger partial charge on any atom is 0.170 e. The molecule has 132 valence electrons. The lowest BCUT2D eigenvalue weighted by molar-refractivity contribution is 0.162. The fourth-order valence-corrected chi connectivity index (χ4v) is 3.00. The van der Waals surface area contributed by atoms with E-state index in [4.69, 9.17) is 0 Å². The number of rotatable bonds is 7. The van der Waals surface area contributed by atoms with Gasteiger partial charge in [-0.05, 0) is 47.2 Å². The van der Waals surface area contributed by atoms with E-state index in [-0.39, 0.29) is 12.0 Å². The van der Waals surface area contributed by atoms with Crippen molar-refractivity contribution in [3.63, 3.8) is 0 Å². The van der Waals surface area contributed by atoms with Gasteiger partial charge in [0, 0.05) is 19.7 Å². The summed E-state index contributed by atoms with van der Waals surface area (Å²) in [6.45, 7) is 13.4. The van der Waals surface area contributed by atoms with Gasteiger partial charge in [-0.25, -0.2) is 0 Å². The van der Waals surface area contributed by atoms with Crippen molar-refractivity contribution in [1.82, 2.24) is 25.1 Å². The van der Waals surface area contributed by atoms with E-state index >= 15 is 0 Å². The van der Waals surface area contributed by atoms with Crippen LogP contribution in [0.3, 0.4) is 0 Å². The Morgan fingerprint density at radius 2 is 1.83 bits per heavy atom. The van der Waals surface area contributed by atoms with Gasteiger partial charge in [0.1, 0.15) is 0 Å². The second-order valence-electron chi connectivity index (χ2n) is 7.60. The van der Waals surface area contributed by atoms with Crippen molar-refractivity contribution in [2.75, 3.05) is 19.7 Å². The minimum absolute atomic E-state index is 0.173. The third kappa shape index (κ3) is 4.85. The molecule has 6 heteroatoms. The van der Waals surface area contributed by atoms with Gasteiger partial charge in [0.15, 0.2) is 5.82 Å². The topological polar surface area (TPSA) is 67.1 Å². The minimum Gasteiger partial charge on any atom is -0.396 e. The van der Waals surface area contributed by atoms with Crippen LogP contribution in [0.5, 0.6) is 0 Å². The first-order valence-corrected chi connectivity index (χ1v) is 8.49. The van der Waals surface area contributed by atoms with E-state index in [1.165, 1.54) is 0 Å². The summed E-state index contributed by atoms with van der Waals surface area (Å²) in [5.41, 5.74) is 3.53. The lowest BCUT2D eigenvalue weighted by atomic mass is 9.96. The number of para-hydroxylation sites is 1. The summed E-state index contributed by atoms with van der Waals surface area (Å²) in [6.07, 6.45) is 0.751. The number of benzene rings is 1. The van der Waals surface area contributed by atoms with Crippen LogP contribution >= 0.6 is 0 Å². The van der Waals surface area contributed by atoms with Gasteiger partial charge in [0.2, 0.25) is 0 Å². The number of hydrogen-bond acceptors (Lipinski definition) is 5. The number of tetrazole rings is 1. The first-order valence-electron chi connectivity index (χ1n) is 8.49. The highest BCUT2D eigenvalue weighted by atomic mass is 16.3. The first-order chi connectivity index (χ1) is 11.3. The molecule has 0 unspecified atom stereocenters. The highest BCUT2D eigenvalue weighted by molar-refractivity contribution is 5.46. The molecule has 1 heterocycles. The van der Waals surface area contributed by atoms with Gasteiger partial charge in [-0.2, -0.15) is 4.68 Å². The van der Waals surface area contributed by atoms with Gasteiger partial charge >= 0.3 is 0 Å². The van der Waals surface area contributed by atoms with Gasteiger partial charge in [-0.1, -0.05) is 39.0 Å². The van der Waals surface area contributed by atoms with Crippen LogP contribution in [0.25, 0.3) is 5.69 Å². The minimum atomic E-state index is 0.173. The highest BCUT2D eigenvalue weighted by Gasteiger charge is 2.20. The number of aromatic nitrogens is 4. The number of hydrogen-bond donors (Lipinski definition) is 1. The van der Waals surface area contributed by atoms with Gasteiger partial charge < -0.3 is 5.11 Å². The number of aliphatic hydroxyl groups is 1. The monoisotopic (exact) mass is 331 g/mol. The van der Waals surface area contributed by atoms with Crippen molar-refractivity contribution in [2.24, 2.45) is 5.41 Å². The van der Waals surface area contributed by atoms with Crippen LogP contribution in [0.2, 0.25) is 0 Å². The molecule has 0 saturated carbocycles. The lowest BCUT2D eigenvalue weighted by Gasteiger charge is -2.29. The molecule has 0 fully saturated rings. The number of aliphatic hydroxyl groups excluding tert-OH is 1. The van der Waals surface area contributed by atoms with Crippen LogP contribution < -0.4 is 0 Å². The normalized spacial score (nSPS) is 12.1. The van der Waals surface area contributed by atoms with Crippen molar-refractivity contribution in [2.45, 2.75) is 47.6 Å². The summed E-state index contributed by atoms with van der Waals surface area (Å²) in [4.78, 5) is 2.31. The second kappa shape index (κ2) is 7.85. The second-order valence-corrected chi connectivity index (χ2v) is 7.60. The van der Waals surface area contributed by atoms with Crippen LogP contribution in [0.15, 0.2) is 18.2 Å². The number of nitrogens with zero attached hydrogens (tertiary/aromatic N) is 5. The van der Waals surface area contributed by atoms with E-state index in [0.717, 1.165) is 42.1 Å². The molecule has 1 aromatic heterocycles. The zero-order valence-electron chi connectivity index (χ0n) is 15.5. The maximum atomic E-state index is 9.17. The average Bonchev–Trinajstić information content (AvgIpc) is 2.91. The summed E-state index contributed by atoms with van der Waals surface area (Å²) >= 11 is 0. The Balaban J connectivity index is 2.27. The molecule has 2 rings (SSSR count). The van der Waals surface area contributed by atoms with E-state index in [9.17, 15) is 5.11 Å². The van der Waals surface area contributed by atoms with Crippen LogP contribution in [0.4, 0.5) is 0 Å². The van der Waals surface area contributed by atoms with E-state index in [1.54, 1.807) is 0 Å². The molecule has 0 aliphatic heterocycles. The molecule has 0 aliphatic rings. The SMILES string of the molecule is Cc1cccc(C)c1-n1nnnc1CN(CCCO)CC(C)(C)C. The third-order valence-electron chi connectivity index (χ3n) is 3.88. The van der Waals surface area contributed by atoms with Crippen molar-refractivity contribution < 1.29 is 5.11 Å². The smallest absolute Gasteiger partial charge is 0.170 e. The van der Waals surface area contributed by atoms with Crippen LogP contribution in [-0.2, 0) is 6.54 Å². The Labute approximate surface area is 144 Å². The molecular formula is C18H29N5O. The molecule has 1 N–H and O–H groups in total. The van der Waals surface area contributed by atoms with E-state index in [2.05, 4.69) is 67.2 Å². The zero-order valence-corrected chi connectivity index (χ0v) is 15.5. The zero-order chi connectivity index (χ0) is 17.7. The van der Waals surface area contributed by atoms with Crippen LogP contribution in [0.1, 0.15) is 44.1 Å². The third-order valence-corrected chi connectivity index (χ3v) is 3.88. The Morgan fingerprint density at radius 1 is 1.17 bits per heavy atom. The van der Waals surface area contributed by atoms with Crippen LogP contribution in [-0.4, -0.2) is 49.9 Å². The number of aryl methyl sites for hydroxylation is 2. The fourth-order valence-electron chi connectivity index (χ4n) is 3.00. The lowest BCUT2D eigenvalue weighted by Crippen LogP contribution is -2.34. The Kier molecular flexibility index (Phi) is 6.07. The molecule has 1 aromatic carbocycles. The molecule has 2 aromatic rings. The van der Waals surface area contributed by atoms with Gasteiger partial charge in [-0.3, -0.25) is 4.90 Å². The molecule has 0 atom stereocenters. The Morgan fingerprint density at radius 3 is 2.42 bits per heavy atom. The molecule has 0 aliphatic carbocycles. The molecule has 0 bridgehead atoms. The summed E-state index contributed by atoms with van der Waals surface area (Å²) in [7, 11) is 0. The van der Waals surface area contributed by atoms with Crippen molar-refractivity contribution in [1.29, 1.82) is 0 Å². The molecule has 0 radical (unpaired) electrons. The molecule has 24 heavy (non-hydrogen) atoms. The van der Waals surface area contributed by atoms with Crippen molar-refractivity contribution in [3.8, 4) is 5.69 Å². The fraction of sp³-hybridized carbons (Fsp3) is 0.611. The van der Waals surface area contributed by atoms with E-state index in [0.29, 0.717) is 6.54 Å². The largest absolute Gasteiger partial charge is 0.396 e. The van der Waals surface area contributed by atoms with Crippen molar-refractivity contribution >= 4 is 0 Å². The summed E-state index contributed by atoms with van der Waals surface area (Å²) in [5, 5.41) is 21.5. The predicted molar refractivity (Wildman–Crippen MR) is 95.1 cm³/mol. The van der Waals surface area contributed by atoms with E-state index < -0.39 is 0 Å². The average molecular weight is 331 g/mol. The molecule has 6 nitrogen and oxygen atoms in total. The van der Waals surface area contributed by atoms with Gasteiger partial charge in [0.05, 0.1) is 12.2 Å². The molecule has 0 saturated heterocycles. The van der Waals surface area contributed by atoms with Crippen molar-refractivity contribution in [3.05, 3.63) is 35.2 Å². The van der Waals surface area contributed by atoms with E-state index in [1.807, 2.05) is 10.7 Å². The molecular weight excluding hydrogens is 302 g/mol. The molecule has 0 amide bonds. The van der Waals surface area contributed by atoms with Gasteiger partial charge in [0.25, 0.3) is 0 Å². The van der Waals surface area contributed by atoms with Gasteiger partial charge in [-0.15, -0.1) is 5.10 Å². The first kappa shape index (κ1) is 18.5. The Bertz CT molecular complexity index is 639. The molecule has 0 spiro atoms.